The average Bonchev–Trinajstić information content (AvgIpc) is 2.47. The van der Waals surface area contributed by atoms with Gasteiger partial charge in [0.15, 0.2) is 0 Å². The molecule has 1 atom stereocenters. The van der Waals surface area contributed by atoms with Crippen molar-refractivity contribution < 1.29 is 4.74 Å². The Balaban J connectivity index is 2.07. The Hall–Kier alpha value is -1.32. The van der Waals surface area contributed by atoms with Gasteiger partial charge in [-0.15, -0.1) is 0 Å². The van der Waals surface area contributed by atoms with Crippen LogP contribution in [0, 0.1) is 0 Å². The van der Waals surface area contributed by atoms with Crippen LogP contribution in [0.5, 0.6) is 5.75 Å². The highest BCUT2D eigenvalue weighted by atomic mass is 79.9. The van der Waals surface area contributed by atoms with Gasteiger partial charge in [-0.2, -0.15) is 0 Å². The lowest BCUT2D eigenvalue weighted by atomic mass is 10.1. The largest absolute Gasteiger partial charge is 0.491 e. The Bertz CT molecular complexity index is 569. The molecule has 0 saturated heterocycles. The van der Waals surface area contributed by atoms with Crippen molar-refractivity contribution in [1.82, 2.24) is 5.32 Å². The third kappa shape index (κ3) is 4.87. The van der Waals surface area contributed by atoms with E-state index in [9.17, 15) is 0 Å². The second-order valence-electron chi connectivity index (χ2n) is 5.43. The molecular weight excluding hydrogens is 326 g/mol. The fourth-order valence-electron chi connectivity index (χ4n) is 2.18. The Kier molecular flexibility index (Phi) is 5.83. The molecular formula is C18H22BrNO. The molecule has 2 aromatic carbocycles. The van der Waals surface area contributed by atoms with E-state index >= 15 is 0 Å². The van der Waals surface area contributed by atoms with Gasteiger partial charge >= 0.3 is 0 Å². The highest BCUT2D eigenvalue weighted by molar-refractivity contribution is 9.10. The van der Waals surface area contributed by atoms with E-state index in [1.807, 2.05) is 32.0 Å². The molecule has 0 radical (unpaired) electrons. The van der Waals surface area contributed by atoms with E-state index < -0.39 is 0 Å². The quantitative estimate of drug-likeness (QED) is 0.785. The summed E-state index contributed by atoms with van der Waals surface area (Å²) >= 11 is 3.53. The van der Waals surface area contributed by atoms with Gasteiger partial charge in [-0.1, -0.05) is 46.3 Å². The average molecular weight is 348 g/mol. The van der Waals surface area contributed by atoms with Crippen molar-refractivity contribution in [3.8, 4) is 5.75 Å². The van der Waals surface area contributed by atoms with E-state index in [0.717, 1.165) is 16.8 Å². The summed E-state index contributed by atoms with van der Waals surface area (Å²) in [6.45, 7) is 7.05. The van der Waals surface area contributed by atoms with Gasteiger partial charge in [-0.25, -0.2) is 0 Å². The number of hydrogen-bond acceptors (Lipinski definition) is 2. The topological polar surface area (TPSA) is 21.3 Å². The van der Waals surface area contributed by atoms with Crippen molar-refractivity contribution in [3.63, 3.8) is 0 Å². The van der Waals surface area contributed by atoms with Crippen LogP contribution >= 0.6 is 15.9 Å². The maximum Gasteiger partial charge on any atom is 0.124 e. The van der Waals surface area contributed by atoms with Crippen molar-refractivity contribution in [2.75, 3.05) is 0 Å². The summed E-state index contributed by atoms with van der Waals surface area (Å²) in [4.78, 5) is 0. The minimum atomic E-state index is 0.177. The van der Waals surface area contributed by atoms with Crippen LogP contribution < -0.4 is 10.1 Å². The van der Waals surface area contributed by atoms with Gasteiger partial charge in [0.2, 0.25) is 0 Å². The normalized spacial score (nSPS) is 12.4. The number of halogens is 1. The molecule has 0 aromatic heterocycles. The Morgan fingerprint density at radius 2 is 1.76 bits per heavy atom. The third-order valence-electron chi connectivity index (χ3n) is 3.28. The van der Waals surface area contributed by atoms with Crippen LogP contribution in [0.1, 0.15) is 37.9 Å². The van der Waals surface area contributed by atoms with Crippen molar-refractivity contribution in [2.24, 2.45) is 0 Å². The van der Waals surface area contributed by atoms with Gasteiger partial charge in [-0.3, -0.25) is 0 Å². The van der Waals surface area contributed by atoms with Crippen molar-refractivity contribution in [2.45, 2.75) is 39.5 Å². The summed E-state index contributed by atoms with van der Waals surface area (Å²) in [5, 5.41) is 3.56. The van der Waals surface area contributed by atoms with Gasteiger partial charge in [0.05, 0.1) is 6.10 Å². The molecule has 0 spiro atoms. The van der Waals surface area contributed by atoms with Crippen LogP contribution in [-0.4, -0.2) is 6.10 Å². The van der Waals surface area contributed by atoms with Crippen LogP contribution in [0.3, 0.4) is 0 Å². The summed E-state index contributed by atoms with van der Waals surface area (Å²) < 4.78 is 6.95. The summed E-state index contributed by atoms with van der Waals surface area (Å²) in [6.07, 6.45) is 0.177. The van der Waals surface area contributed by atoms with Crippen molar-refractivity contribution >= 4 is 15.9 Å². The van der Waals surface area contributed by atoms with E-state index in [0.29, 0.717) is 6.04 Å². The Labute approximate surface area is 135 Å². The SMILES string of the molecule is CC(C)Oc1ccc(Br)cc1CNC(C)c1ccccc1. The minimum absolute atomic E-state index is 0.177. The van der Waals surface area contributed by atoms with E-state index in [-0.39, 0.29) is 6.10 Å². The number of rotatable bonds is 6. The third-order valence-corrected chi connectivity index (χ3v) is 3.78. The predicted octanol–water partition coefficient (Wildman–Crippen LogP) is 5.09. The van der Waals surface area contributed by atoms with E-state index in [4.69, 9.17) is 4.74 Å². The summed E-state index contributed by atoms with van der Waals surface area (Å²) in [6, 6.07) is 16.9. The van der Waals surface area contributed by atoms with Crippen molar-refractivity contribution in [3.05, 3.63) is 64.1 Å². The fourth-order valence-corrected chi connectivity index (χ4v) is 2.59. The van der Waals surface area contributed by atoms with Gasteiger partial charge < -0.3 is 10.1 Å². The molecule has 2 rings (SSSR count). The maximum absolute atomic E-state index is 5.88. The molecule has 0 aliphatic carbocycles. The molecule has 0 heterocycles. The number of nitrogens with one attached hydrogen (secondary N) is 1. The zero-order chi connectivity index (χ0) is 15.2. The smallest absolute Gasteiger partial charge is 0.124 e. The minimum Gasteiger partial charge on any atom is -0.491 e. The predicted molar refractivity (Wildman–Crippen MR) is 91.6 cm³/mol. The molecule has 112 valence electrons. The highest BCUT2D eigenvalue weighted by Crippen LogP contribution is 2.25. The number of benzene rings is 2. The van der Waals surface area contributed by atoms with Crippen LogP contribution in [0.25, 0.3) is 0 Å². The molecule has 1 N–H and O–H groups in total. The molecule has 0 amide bonds. The molecule has 21 heavy (non-hydrogen) atoms. The molecule has 2 aromatic rings. The first-order chi connectivity index (χ1) is 10.1. The summed E-state index contributed by atoms with van der Waals surface area (Å²) in [7, 11) is 0. The van der Waals surface area contributed by atoms with Gasteiger partial charge in [0, 0.05) is 22.6 Å². The van der Waals surface area contributed by atoms with E-state index in [1.54, 1.807) is 0 Å². The summed E-state index contributed by atoms with van der Waals surface area (Å²) in [5.41, 5.74) is 2.46. The number of ether oxygens (including phenoxy) is 1. The molecule has 0 aliphatic heterocycles. The standard InChI is InChI=1S/C18H22BrNO/c1-13(2)21-18-10-9-17(19)11-16(18)12-20-14(3)15-7-5-4-6-8-15/h4-11,13-14,20H,12H2,1-3H3. The van der Waals surface area contributed by atoms with Crippen LogP contribution in [0.4, 0.5) is 0 Å². The zero-order valence-corrected chi connectivity index (χ0v) is 14.4. The second-order valence-corrected chi connectivity index (χ2v) is 6.35. The van der Waals surface area contributed by atoms with Gasteiger partial charge in [-0.05, 0) is 44.5 Å². The first-order valence-electron chi connectivity index (χ1n) is 7.29. The molecule has 1 unspecified atom stereocenters. The first-order valence-corrected chi connectivity index (χ1v) is 8.09. The lowest BCUT2D eigenvalue weighted by Gasteiger charge is -2.18. The van der Waals surface area contributed by atoms with E-state index in [2.05, 4.69) is 58.5 Å². The lowest BCUT2D eigenvalue weighted by Crippen LogP contribution is -2.19. The molecule has 2 nitrogen and oxygen atoms in total. The van der Waals surface area contributed by atoms with Gasteiger partial charge in [0.25, 0.3) is 0 Å². The first kappa shape index (κ1) is 16.1. The molecule has 0 aliphatic rings. The summed E-state index contributed by atoms with van der Waals surface area (Å²) in [5.74, 6) is 0.945. The fraction of sp³-hybridized carbons (Fsp3) is 0.333. The molecule has 0 fully saturated rings. The Morgan fingerprint density at radius 3 is 2.43 bits per heavy atom. The van der Waals surface area contributed by atoms with Crippen LogP contribution in [0.15, 0.2) is 53.0 Å². The zero-order valence-electron chi connectivity index (χ0n) is 12.8. The lowest BCUT2D eigenvalue weighted by molar-refractivity contribution is 0.239. The monoisotopic (exact) mass is 347 g/mol. The Morgan fingerprint density at radius 1 is 1.05 bits per heavy atom. The van der Waals surface area contributed by atoms with Crippen molar-refractivity contribution in [1.29, 1.82) is 0 Å². The van der Waals surface area contributed by atoms with Gasteiger partial charge in [0.1, 0.15) is 5.75 Å². The van der Waals surface area contributed by atoms with Crippen LogP contribution in [-0.2, 0) is 6.54 Å². The molecule has 0 bridgehead atoms. The van der Waals surface area contributed by atoms with E-state index in [1.165, 1.54) is 11.1 Å². The van der Waals surface area contributed by atoms with Crippen LogP contribution in [0.2, 0.25) is 0 Å². The molecule has 0 saturated carbocycles. The molecule has 3 heteroatoms. The number of hydrogen-bond donors (Lipinski definition) is 1. The maximum atomic E-state index is 5.88. The highest BCUT2D eigenvalue weighted by Gasteiger charge is 2.09. The second kappa shape index (κ2) is 7.62.